The van der Waals surface area contributed by atoms with Crippen LogP contribution >= 0.6 is 12.2 Å². The molecule has 0 heterocycles. The summed E-state index contributed by atoms with van der Waals surface area (Å²) in [6, 6.07) is 5.04. The molecule has 0 saturated heterocycles. The molecule has 2 fully saturated rings. The van der Waals surface area contributed by atoms with Gasteiger partial charge in [0.05, 0.1) is 5.56 Å². The largest absolute Gasteiger partial charge is 0.467 e. The van der Waals surface area contributed by atoms with Crippen molar-refractivity contribution in [2.45, 2.75) is 70.6 Å². The molecule has 2 aliphatic rings. The van der Waals surface area contributed by atoms with Crippen molar-refractivity contribution in [2.24, 2.45) is 11.3 Å². The second-order valence-corrected chi connectivity index (χ2v) is 8.10. The highest BCUT2D eigenvalue weighted by atomic mass is 32.1. The van der Waals surface area contributed by atoms with Crippen molar-refractivity contribution in [1.29, 1.82) is 0 Å². The number of alkyl halides is 3. The lowest BCUT2D eigenvalue weighted by atomic mass is 9.57. The smallest absolute Gasteiger partial charge is 0.416 e. The lowest BCUT2D eigenvalue weighted by Gasteiger charge is -2.52. The average Bonchev–Trinajstić information content (AvgIpc) is 2.59. The van der Waals surface area contributed by atoms with E-state index >= 15 is 0 Å². The first kappa shape index (κ1) is 19.5. The summed E-state index contributed by atoms with van der Waals surface area (Å²) in [6.45, 7) is 2.23. The van der Waals surface area contributed by atoms with Crippen LogP contribution in [-0.2, 0) is 10.9 Å². The van der Waals surface area contributed by atoms with Gasteiger partial charge in [0, 0.05) is 11.1 Å². The Balaban J connectivity index is 1.54. The number of halogens is 3. The first-order valence-electron chi connectivity index (χ1n) is 9.47. The van der Waals surface area contributed by atoms with E-state index in [-0.39, 0.29) is 16.7 Å². The molecule has 0 amide bonds. The molecule has 1 unspecified atom stereocenters. The molecule has 2 nitrogen and oxygen atoms in total. The van der Waals surface area contributed by atoms with Crippen LogP contribution in [0.1, 0.15) is 63.9 Å². The van der Waals surface area contributed by atoms with Crippen molar-refractivity contribution < 1.29 is 17.9 Å². The minimum absolute atomic E-state index is 0.0934. The Bertz CT molecular complexity index is 638. The highest BCUT2D eigenvalue weighted by Gasteiger charge is 2.50. The Labute approximate surface area is 158 Å². The van der Waals surface area contributed by atoms with E-state index in [4.69, 9.17) is 17.0 Å². The van der Waals surface area contributed by atoms with Gasteiger partial charge in [0.1, 0.15) is 6.10 Å². The molecule has 0 aliphatic heterocycles. The van der Waals surface area contributed by atoms with Gasteiger partial charge in [0.15, 0.2) is 0 Å². The standard InChI is InChI=1S/C20H26F3NOS/c1-2-4-14-7-10-19(11-8-14)12-9-17(19)25-18(26)24-16-6-3-5-15(13-16)20(21,22)23/h3,5-6,13-14,17H,2,4,7-12H2,1H3,(H,24,26). The Morgan fingerprint density at radius 3 is 2.50 bits per heavy atom. The quantitative estimate of drug-likeness (QED) is 0.593. The van der Waals surface area contributed by atoms with E-state index in [0.717, 1.165) is 24.5 Å². The summed E-state index contributed by atoms with van der Waals surface area (Å²) in [5, 5.41) is 2.98. The zero-order valence-electron chi connectivity index (χ0n) is 15.1. The van der Waals surface area contributed by atoms with Gasteiger partial charge in [0.2, 0.25) is 0 Å². The summed E-state index contributed by atoms with van der Waals surface area (Å²) >= 11 is 5.25. The van der Waals surface area contributed by atoms with Crippen LogP contribution in [0.5, 0.6) is 0 Å². The molecule has 1 atom stereocenters. The topological polar surface area (TPSA) is 21.3 Å². The second-order valence-electron chi connectivity index (χ2n) is 7.73. The fourth-order valence-electron chi connectivity index (χ4n) is 4.43. The van der Waals surface area contributed by atoms with Crippen molar-refractivity contribution in [2.75, 3.05) is 5.32 Å². The molecule has 1 N–H and O–H groups in total. The summed E-state index contributed by atoms with van der Waals surface area (Å²) in [6.07, 6.45) is 5.27. The van der Waals surface area contributed by atoms with Crippen LogP contribution < -0.4 is 5.32 Å². The van der Waals surface area contributed by atoms with Crippen molar-refractivity contribution in [3.63, 3.8) is 0 Å². The predicted octanol–water partition coefficient (Wildman–Crippen LogP) is 6.56. The number of rotatable bonds is 4. The van der Waals surface area contributed by atoms with Crippen molar-refractivity contribution >= 4 is 23.1 Å². The maximum absolute atomic E-state index is 12.8. The zero-order valence-corrected chi connectivity index (χ0v) is 15.9. The fraction of sp³-hybridized carbons (Fsp3) is 0.650. The summed E-state index contributed by atoms with van der Waals surface area (Å²) in [5.41, 5.74) is -0.159. The van der Waals surface area contributed by atoms with Gasteiger partial charge >= 0.3 is 6.18 Å². The van der Waals surface area contributed by atoms with Gasteiger partial charge < -0.3 is 10.1 Å². The van der Waals surface area contributed by atoms with Crippen LogP contribution in [0.15, 0.2) is 24.3 Å². The second kappa shape index (κ2) is 7.75. The van der Waals surface area contributed by atoms with Crippen LogP contribution in [0.25, 0.3) is 0 Å². The minimum atomic E-state index is -4.37. The Kier molecular flexibility index (Phi) is 5.80. The Morgan fingerprint density at radius 1 is 1.23 bits per heavy atom. The van der Waals surface area contributed by atoms with Gasteiger partial charge in [-0.15, -0.1) is 0 Å². The normalized spacial score (nSPS) is 28.5. The summed E-state index contributed by atoms with van der Waals surface area (Å²) in [4.78, 5) is 0. The number of ether oxygens (including phenoxy) is 1. The maximum Gasteiger partial charge on any atom is 0.416 e. The summed E-state index contributed by atoms with van der Waals surface area (Å²) in [5.74, 6) is 0.835. The first-order chi connectivity index (χ1) is 12.3. The maximum atomic E-state index is 12.8. The van der Waals surface area contributed by atoms with Crippen molar-refractivity contribution in [3.8, 4) is 0 Å². The molecule has 1 aromatic carbocycles. The van der Waals surface area contributed by atoms with E-state index in [9.17, 15) is 13.2 Å². The predicted molar refractivity (Wildman–Crippen MR) is 101 cm³/mol. The summed E-state index contributed by atoms with van der Waals surface area (Å²) in [7, 11) is 0. The SMILES string of the molecule is CCCC1CCC2(CC1)CCC2OC(=S)Nc1cccc(C(F)(F)F)c1. The molecule has 1 spiro atoms. The molecule has 2 saturated carbocycles. The molecule has 3 rings (SSSR count). The number of hydrogen-bond donors (Lipinski definition) is 1. The number of thiocarbonyl (C=S) groups is 1. The van der Waals surface area contributed by atoms with Gasteiger partial charge in [-0.2, -0.15) is 13.2 Å². The van der Waals surface area contributed by atoms with Gasteiger partial charge in [0.25, 0.3) is 5.17 Å². The van der Waals surface area contributed by atoms with E-state index in [1.165, 1.54) is 51.0 Å². The number of anilines is 1. The van der Waals surface area contributed by atoms with Crippen LogP contribution in [0, 0.1) is 11.3 Å². The molecule has 1 aromatic rings. The first-order valence-corrected chi connectivity index (χ1v) is 9.88. The highest BCUT2D eigenvalue weighted by Crippen LogP contribution is 2.54. The van der Waals surface area contributed by atoms with Crippen molar-refractivity contribution in [3.05, 3.63) is 29.8 Å². The van der Waals surface area contributed by atoms with E-state index in [2.05, 4.69) is 12.2 Å². The van der Waals surface area contributed by atoms with Crippen LogP contribution in [0.2, 0.25) is 0 Å². The molecule has 26 heavy (non-hydrogen) atoms. The number of nitrogens with one attached hydrogen (secondary N) is 1. The van der Waals surface area contributed by atoms with Crippen LogP contribution in [0.3, 0.4) is 0 Å². The van der Waals surface area contributed by atoms with Gasteiger partial charge in [-0.1, -0.05) is 25.8 Å². The Morgan fingerprint density at radius 2 is 1.92 bits per heavy atom. The molecular formula is C20H26F3NOS. The molecule has 0 aromatic heterocycles. The summed E-state index contributed by atoms with van der Waals surface area (Å²) < 4.78 is 44.4. The van der Waals surface area contributed by atoms with Crippen molar-refractivity contribution in [1.82, 2.24) is 0 Å². The third-order valence-electron chi connectivity index (χ3n) is 6.07. The molecule has 6 heteroatoms. The molecule has 2 aliphatic carbocycles. The third kappa shape index (κ3) is 4.33. The molecule has 0 bridgehead atoms. The molecule has 0 radical (unpaired) electrons. The number of hydrogen-bond acceptors (Lipinski definition) is 2. The van der Waals surface area contributed by atoms with E-state index in [0.29, 0.717) is 5.69 Å². The third-order valence-corrected chi connectivity index (χ3v) is 6.27. The van der Waals surface area contributed by atoms with Gasteiger partial charge in [-0.25, -0.2) is 0 Å². The lowest BCUT2D eigenvalue weighted by molar-refractivity contribution is -0.137. The zero-order chi connectivity index (χ0) is 18.8. The van der Waals surface area contributed by atoms with E-state index in [1.807, 2.05) is 0 Å². The van der Waals surface area contributed by atoms with E-state index in [1.54, 1.807) is 6.07 Å². The monoisotopic (exact) mass is 385 g/mol. The highest BCUT2D eigenvalue weighted by molar-refractivity contribution is 7.80. The van der Waals surface area contributed by atoms with E-state index < -0.39 is 11.7 Å². The average molecular weight is 385 g/mol. The Hall–Kier alpha value is -1.30. The lowest BCUT2D eigenvalue weighted by Crippen LogP contribution is -2.50. The molecular weight excluding hydrogens is 359 g/mol. The van der Waals surface area contributed by atoms with Crippen LogP contribution in [0.4, 0.5) is 18.9 Å². The van der Waals surface area contributed by atoms with Gasteiger partial charge in [-0.3, -0.25) is 0 Å². The van der Waals surface area contributed by atoms with Gasteiger partial charge in [-0.05, 0) is 74.9 Å². The number of benzene rings is 1. The fourth-order valence-corrected chi connectivity index (χ4v) is 4.66. The molecule has 144 valence electrons. The van der Waals surface area contributed by atoms with Crippen LogP contribution in [-0.4, -0.2) is 11.3 Å². The minimum Gasteiger partial charge on any atom is -0.467 e.